The molecule has 3 N–H and O–H groups in total. The summed E-state index contributed by atoms with van der Waals surface area (Å²) in [4.78, 5) is 26.3. The molecule has 0 bridgehead atoms. The number of carbonyl (C=O) groups is 1. The summed E-state index contributed by atoms with van der Waals surface area (Å²) in [5.41, 5.74) is 0.934. The van der Waals surface area contributed by atoms with Gasteiger partial charge in [0.25, 0.3) is 0 Å². The van der Waals surface area contributed by atoms with E-state index in [1.165, 1.54) is 24.7 Å². The number of nitrogens with zero attached hydrogens (tertiary/aromatic N) is 3. The summed E-state index contributed by atoms with van der Waals surface area (Å²) in [6.45, 7) is 1.24. The third kappa shape index (κ3) is 4.34. The lowest BCUT2D eigenvalue weighted by molar-refractivity contribution is -0.123. The lowest BCUT2D eigenvalue weighted by Crippen LogP contribution is -2.52. The van der Waals surface area contributed by atoms with Crippen molar-refractivity contribution < 1.29 is 13.6 Å². The number of fused-ring (bicyclic) bond motifs is 1. The van der Waals surface area contributed by atoms with E-state index in [0.717, 1.165) is 32.2 Å². The van der Waals surface area contributed by atoms with Crippen LogP contribution in [0.1, 0.15) is 25.7 Å². The van der Waals surface area contributed by atoms with Gasteiger partial charge in [0, 0.05) is 36.0 Å². The van der Waals surface area contributed by atoms with Crippen molar-refractivity contribution in [1.82, 2.24) is 20.3 Å². The van der Waals surface area contributed by atoms with Crippen molar-refractivity contribution in [2.24, 2.45) is 5.92 Å². The van der Waals surface area contributed by atoms with Gasteiger partial charge in [-0.25, -0.2) is 18.7 Å². The maximum atomic E-state index is 14.3. The average Bonchev–Trinajstić information content (AvgIpc) is 3.53. The summed E-state index contributed by atoms with van der Waals surface area (Å²) in [5, 5.41) is 6.93. The lowest BCUT2D eigenvalue weighted by Gasteiger charge is -2.35. The minimum atomic E-state index is -0.462. The zero-order valence-corrected chi connectivity index (χ0v) is 18.0. The molecule has 1 amide bonds. The molecule has 10 heteroatoms. The first-order valence-corrected chi connectivity index (χ1v) is 11.1. The number of aromatic nitrogens is 3. The van der Waals surface area contributed by atoms with Gasteiger partial charge in [-0.15, -0.1) is 0 Å². The lowest BCUT2D eigenvalue weighted by atomic mass is 10.0. The second-order valence-electron chi connectivity index (χ2n) is 8.47. The molecule has 2 atom stereocenters. The van der Waals surface area contributed by atoms with E-state index in [0.29, 0.717) is 29.1 Å². The van der Waals surface area contributed by atoms with Gasteiger partial charge in [-0.05, 0) is 49.8 Å². The molecule has 1 saturated carbocycles. The van der Waals surface area contributed by atoms with Crippen molar-refractivity contribution in [2.45, 2.75) is 37.8 Å². The summed E-state index contributed by atoms with van der Waals surface area (Å²) >= 11 is 5.96. The zero-order chi connectivity index (χ0) is 22.2. The number of rotatable bonds is 6. The number of anilines is 2. The molecule has 3 heterocycles. The first-order valence-electron chi connectivity index (χ1n) is 10.7. The van der Waals surface area contributed by atoms with Crippen LogP contribution in [0, 0.1) is 17.6 Å². The van der Waals surface area contributed by atoms with Crippen molar-refractivity contribution in [3.05, 3.63) is 47.4 Å². The van der Waals surface area contributed by atoms with E-state index in [4.69, 9.17) is 11.6 Å². The van der Waals surface area contributed by atoms with Gasteiger partial charge in [0.1, 0.15) is 29.7 Å². The van der Waals surface area contributed by atoms with Gasteiger partial charge in [-0.3, -0.25) is 4.79 Å². The molecular formula is C22H23ClF2N6O. The second kappa shape index (κ2) is 8.54. The molecule has 0 radical (unpaired) electrons. The number of aromatic amines is 1. The Balaban J connectivity index is 1.29. The van der Waals surface area contributed by atoms with Crippen LogP contribution < -0.4 is 15.5 Å². The van der Waals surface area contributed by atoms with Gasteiger partial charge in [0.15, 0.2) is 5.82 Å². The minimum absolute atomic E-state index is 0.109. The maximum absolute atomic E-state index is 14.3. The Morgan fingerprint density at radius 3 is 2.84 bits per heavy atom. The smallest absolute Gasteiger partial charge is 0.243 e. The molecule has 2 aromatic heterocycles. The van der Waals surface area contributed by atoms with Gasteiger partial charge in [-0.1, -0.05) is 11.6 Å². The molecule has 2 fully saturated rings. The van der Waals surface area contributed by atoms with Crippen LogP contribution in [0.2, 0.25) is 5.02 Å². The number of hydrogen-bond donors (Lipinski definition) is 3. The molecule has 0 spiro atoms. The number of benzene rings is 1. The van der Waals surface area contributed by atoms with E-state index >= 15 is 0 Å². The summed E-state index contributed by atoms with van der Waals surface area (Å²) in [5.74, 6) is -0.244. The SMILES string of the molecule is O=C(N[C@@H]1CCCN(c2ncnc3[nH]cc(F)c23)C1)[C@H](Nc1cc(F)cc(Cl)c1)C1CC1. The van der Waals surface area contributed by atoms with Crippen LogP contribution in [0.3, 0.4) is 0 Å². The summed E-state index contributed by atoms with van der Waals surface area (Å²) < 4.78 is 28.0. The van der Waals surface area contributed by atoms with Crippen LogP contribution >= 0.6 is 11.6 Å². The molecule has 32 heavy (non-hydrogen) atoms. The Hall–Kier alpha value is -2.94. The van der Waals surface area contributed by atoms with Crippen molar-refractivity contribution in [2.75, 3.05) is 23.3 Å². The van der Waals surface area contributed by atoms with Crippen LogP contribution in [0.15, 0.2) is 30.7 Å². The quantitative estimate of drug-likeness (QED) is 0.520. The number of piperidine rings is 1. The van der Waals surface area contributed by atoms with Crippen LogP contribution in [0.4, 0.5) is 20.3 Å². The fraction of sp³-hybridized carbons (Fsp3) is 0.409. The van der Waals surface area contributed by atoms with E-state index in [9.17, 15) is 13.6 Å². The van der Waals surface area contributed by atoms with E-state index in [-0.39, 0.29) is 22.9 Å². The normalized spacial score (nSPS) is 19.7. The third-order valence-corrected chi connectivity index (χ3v) is 6.25. The van der Waals surface area contributed by atoms with Crippen LogP contribution in [-0.2, 0) is 4.79 Å². The predicted octanol–water partition coefficient (Wildman–Crippen LogP) is 3.87. The number of H-pyrrole nitrogens is 1. The molecular weight excluding hydrogens is 438 g/mol. The highest BCUT2D eigenvalue weighted by atomic mass is 35.5. The van der Waals surface area contributed by atoms with Crippen LogP contribution in [0.25, 0.3) is 11.0 Å². The molecule has 3 aromatic rings. The minimum Gasteiger partial charge on any atom is -0.373 e. The van der Waals surface area contributed by atoms with Gasteiger partial charge in [-0.2, -0.15) is 0 Å². The Labute approximate surface area is 188 Å². The van der Waals surface area contributed by atoms with E-state index in [2.05, 4.69) is 25.6 Å². The van der Waals surface area contributed by atoms with E-state index < -0.39 is 17.7 Å². The Kier molecular flexibility index (Phi) is 5.58. The number of carbonyl (C=O) groups excluding carboxylic acids is 1. The highest BCUT2D eigenvalue weighted by Crippen LogP contribution is 2.35. The van der Waals surface area contributed by atoms with Gasteiger partial charge in [0.05, 0.1) is 5.39 Å². The van der Waals surface area contributed by atoms with E-state index in [1.807, 2.05) is 4.90 Å². The number of amides is 1. The number of hydrogen-bond acceptors (Lipinski definition) is 5. The molecule has 1 aliphatic carbocycles. The average molecular weight is 461 g/mol. The fourth-order valence-corrected chi connectivity index (χ4v) is 4.59. The van der Waals surface area contributed by atoms with Crippen molar-refractivity contribution in [3.8, 4) is 0 Å². The number of nitrogens with one attached hydrogen (secondary N) is 3. The predicted molar refractivity (Wildman–Crippen MR) is 119 cm³/mol. The summed E-state index contributed by atoms with van der Waals surface area (Å²) in [6.07, 6.45) is 6.22. The summed E-state index contributed by atoms with van der Waals surface area (Å²) in [7, 11) is 0. The molecule has 168 valence electrons. The van der Waals surface area contributed by atoms with Gasteiger partial charge in [0.2, 0.25) is 5.91 Å². The van der Waals surface area contributed by atoms with Crippen molar-refractivity contribution in [3.63, 3.8) is 0 Å². The monoisotopic (exact) mass is 460 g/mol. The van der Waals surface area contributed by atoms with Crippen molar-refractivity contribution in [1.29, 1.82) is 0 Å². The Morgan fingerprint density at radius 2 is 2.06 bits per heavy atom. The first-order chi connectivity index (χ1) is 15.5. The highest BCUT2D eigenvalue weighted by Gasteiger charge is 2.37. The standard InChI is InChI=1S/C22H23ClF2N6O/c23-13-6-14(24)8-16(7-13)29-19(12-3-4-12)22(32)30-15-2-1-5-31(10-15)21-18-17(25)9-26-20(18)27-11-28-21/h6-9,11-12,15,19,29H,1-5,10H2,(H,30,32)(H,26,27,28)/t15-,19-/m1/s1. The zero-order valence-electron chi connectivity index (χ0n) is 17.2. The molecule has 7 nitrogen and oxygen atoms in total. The molecule has 2 aliphatic rings. The highest BCUT2D eigenvalue weighted by molar-refractivity contribution is 6.30. The van der Waals surface area contributed by atoms with Crippen LogP contribution in [-0.4, -0.2) is 46.0 Å². The first kappa shape index (κ1) is 20.9. The second-order valence-corrected chi connectivity index (χ2v) is 8.91. The third-order valence-electron chi connectivity index (χ3n) is 6.03. The fourth-order valence-electron chi connectivity index (χ4n) is 4.37. The maximum Gasteiger partial charge on any atom is 0.243 e. The molecule has 1 aromatic carbocycles. The van der Waals surface area contributed by atoms with E-state index in [1.54, 1.807) is 6.07 Å². The largest absolute Gasteiger partial charge is 0.373 e. The summed E-state index contributed by atoms with van der Waals surface area (Å²) in [6, 6.07) is 3.61. The molecule has 5 rings (SSSR count). The molecule has 1 saturated heterocycles. The van der Waals surface area contributed by atoms with Gasteiger partial charge >= 0.3 is 0 Å². The Bertz CT molecular complexity index is 1130. The number of halogens is 3. The Morgan fingerprint density at radius 1 is 1.22 bits per heavy atom. The molecule has 1 aliphatic heterocycles. The van der Waals surface area contributed by atoms with Crippen LogP contribution in [0.5, 0.6) is 0 Å². The topological polar surface area (TPSA) is 85.9 Å². The van der Waals surface area contributed by atoms with Gasteiger partial charge < -0.3 is 20.5 Å². The molecule has 0 unspecified atom stereocenters. The van der Waals surface area contributed by atoms with Crippen molar-refractivity contribution >= 4 is 40.0 Å².